The highest BCUT2D eigenvalue weighted by Crippen LogP contribution is 2.30. The Morgan fingerprint density at radius 3 is 2.18 bits per heavy atom. The topological polar surface area (TPSA) is 38.0 Å². The Bertz CT molecular complexity index is 213. The summed E-state index contributed by atoms with van der Waals surface area (Å²) in [7, 11) is 0. The van der Waals surface area contributed by atoms with Gasteiger partial charge in [-0.1, -0.05) is 19.3 Å². The standard InChI is InChI=1S/C15H30N2/c1-15(9-3-2-4-10-15)17-12-14-7-5-13(11-16)6-8-14/h13-14,17H,2-12,16H2,1H3. The predicted octanol–water partition coefficient (Wildman–Crippen LogP) is 3.06. The zero-order chi connectivity index (χ0) is 12.1. The van der Waals surface area contributed by atoms with E-state index in [0.717, 1.165) is 18.4 Å². The van der Waals surface area contributed by atoms with Gasteiger partial charge >= 0.3 is 0 Å². The summed E-state index contributed by atoms with van der Waals surface area (Å²) in [6.45, 7) is 4.57. The monoisotopic (exact) mass is 238 g/mol. The largest absolute Gasteiger partial charge is 0.330 e. The molecule has 0 radical (unpaired) electrons. The molecule has 2 saturated carbocycles. The van der Waals surface area contributed by atoms with Crippen LogP contribution in [0.5, 0.6) is 0 Å². The minimum absolute atomic E-state index is 0.447. The molecule has 0 aromatic rings. The molecule has 0 amide bonds. The number of hydrogen-bond acceptors (Lipinski definition) is 2. The van der Waals surface area contributed by atoms with Crippen molar-refractivity contribution >= 4 is 0 Å². The van der Waals surface area contributed by atoms with Gasteiger partial charge < -0.3 is 11.1 Å². The molecule has 3 N–H and O–H groups in total. The van der Waals surface area contributed by atoms with E-state index >= 15 is 0 Å². The molecular formula is C15H30N2. The van der Waals surface area contributed by atoms with Crippen molar-refractivity contribution in [2.24, 2.45) is 17.6 Å². The van der Waals surface area contributed by atoms with E-state index in [-0.39, 0.29) is 0 Å². The quantitative estimate of drug-likeness (QED) is 0.790. The first kappa shape index (κ1) is 13.4. The second kappa shape index (κ2) is 6.19. The number of nitrogens with one attached hydrogen (secondary N) is 1. The van der Waals surface area contributed by atoms with E-state index in [2.05, 4.69) is 12.2 Å². The van der Waals surface area contributed by atoms with Gasteiger partial charge in [-0.3, -0.25) is 0 Å². The summed E-state index contributed by atoms with van der Waals surface area (Å²) in [5.74, 6) is 1.73. The third kappa shape index (κ3) is 3.96. The van der Waals surface area contributed by atoms with Crippen LogP contribution in [0.4, 0.5) is 0 Å². The van der Waals surface area contributed by atoms with Crippen molar-refractivity contribution in [1.29, 1.82) is 0 Å². The van der Waals surface area contributed by atoms with Gasteiger partial charge in [0.2, 0.25) is 0 Å². The maximum atomic E-state index is 5.74. The van der Waals surface area contributed by atoms with E-state index in [1.165, 1.54) is 64.3 Å². The average Bonchev–Trinajstić information content (AvgIpc) is 2.38. The van der Waals surface area contributed by atoms with E-state index in [1.54, 1.807) is 0 Å². The summed E-state index contributed by atoms with van der Waals surface area (Å²) < 4.78 is 0. The van der Waals surface area contributed by atoms with E-state index in [1.807, 2.05) is 0 Å². The van der Waals surface area contributed by atoms with Gasteiger partial charge in [0, 0.05) is 5.54 Å². The van der Waals surface area contributed by atoms with Gasteiger partial charge in [0.05, 0.1) is 0 Å². The summed E-state index contributed by atoms with van der Waals surface area (Å²) in [5, 5.41) is 3.87. The molecule has 2 aliphatic rings. The van der Waals surface area contributed by atoms with Crippen LogP contribution in [-0.4, -0.2) is 18.6 Å². The third-order valence-electron chi connectivity index (χ3n) is 5.07. The van der Waals surface area contributed by atoms with Crippen LogP contribution in [0.2, 0.25) is 0 Å². The first-order chi connectivity index (χ1) is 8.22. The van der Waals surface area contributed by atoms with Crippen molar-refractivity contribution in [3.05, 3.63) is 0 Å². The van der Waals surface area contributed by atoms with E-state index in [0.29, 0.717) is 5.54 Å². The van der Waals surface area contributed by atoms with Crippen LogP contribution in [0, 0.1) is 11.8 Å². The lowest BCUT2D eigenvalue weighted by Crippen LogP contribution is -2.46. The van der Waals surface area contributed by atoms with Crippen LogP contribution >= 0.6 is 0 Å². The Morgan fingerprint density at radius 2 is 1.59 bits per heavy atom. The molecule has 0 spiro atoms. The fourth-order valence-corrected chi connectivity index (χ4v) is 3.57. The van der Waals surface area contributed by atoms with Crippen LogP contribution in [0.3, 0.4) is 0 Å². The van der Waals surface area contributed by atoms with Crippen LogP contribution in [0.1, 0.15) is 64.7 Å². The molecule has 2 rings (SSSR count). The first-order valence-electron chi connectivity index (χ1n) is 7.67. The molecule has 0 aromatic carbocycles. The second-order valence-electron chi connectivity index (χ2n) is 6.62. The normalized spacial score (nSPS) is 33.5. The zero-order valence-electron chi connectivity index (χ0n) is 11.5. The Balaban J connectivity index is 1.68. The van der Waals surface area contributed by atoms with Gasteiger partial charge in [0.25, 0.3) is 0 Å². The molecule has 0 aliphatic heterocycles. The molecule has 0 saturated heterocycles. The minimum Gasteiger partial charge on any atom is -0.330 e. The molecule has 0 atom stereocenters. The average molecular weight is 238 g/mol. The molecule has 2 heteroatoms. The Labute approximate surface area is 107 Å². The lowest BCUT2D eigenvalue weighted by atomic mass is 9.80. The molecule has 0 aromatic heterocycles. The van der Waals surface area contributed by atoms with Crippen molar-refractivity contribution < 1.29 is 0 Å². The maximum Gasteiger partial charge on any atom is 0.0153 e. The molecular weight excluding hydrogens is 208 g/mol. The predicted molar refractivity (Wildman–Crippen MR) is 74.0 cm³/mol. The summed E-state index contributed by atoms with van der Waals surface area (Å²) in [4.78, 5) is 0. The fraction of sp³-hybridized carbons (Fsp3) is 1.00. The molecule has 17 heavy (non-hydrogen) atoms. The lowest BCUT2D eigenvalue weighted by molar-refractivity contribution is 0.210. The van der Waals surface area contributed by atoms with Crippen molar-refractivity contribution in [2.45, 2.75) is 70.3 Å². The molecule has 2 nitrogen and oxygen atoms in total. The van der Waals surface area contributed by atoms with Gasteiger partial charge in [-0.15, -0.1) is 0 Å². The van der Waals surface area contributed by atoms with E-state index in [9.17, 15) is 0 Å². The highest BCUT2D eigenvalue weighted by atomic mass is 15.0. The molecule has 100 valence electrons. The molecule has 2 fully saturated rings. The van der Waals surface area contributed by atoms with E-state index in [4.69, 9.17) is 5.73 Å². The van der Waals surface area contributed by atoms with Gasteiger partial charge in [0.15, 0.2) is 0 Å². The smallest absolute Gasteiger partial charge is 0.0153 e. The Kier molecular flexibility index (Phi) is 4.87. The van der Waals surface area contributed by atoms with Crippen molar-refractivity contribution in [3.8, 4) is 0 Å². The second-order valence-corrected chi connectivity index (χ2v) is 6.62. The van der Waals surface area contributed by atoms with Crippen molar-refractivity contribution in [1.82, 2.24) is 5.32 Å². The summed E-state index contributed by atoms with van der Waals surface area (Å²) in [6, 6.07) is 0. The lowest BCUT2D eigenvalue weighted by Gasteiger charge is -2.37. The molecule has 2 aliphatic carbocycles. The van der Waals surface area contributed by atoms with Gasteiger partial charge in [-0.05, 0) is 70.4 Å². The first-order valence-corrected chi connectivity index (χ1v) is 7.67. The number of rotatable bonds is 4. The van der Waals surface area contributed by atoms with Crippen LogP contribution < -0.4 is 11.1 Å². The van der Waals surface area contributed by atoms with Crippen molar-refractivity contribution in [2.75, 3.05) is 13.1 Å². The fourth-order valence-electron chi connectivity index (χ4n) is 3.57. The molecule has 0 bridgehead atoms. The summed E-state index contributed by atoms with van der Waals surface area (Å²) in [6.07, 6.45) is 12.6. The maximum absolute atomic E-state index is 5.74. The van der Waals surface area contributed by atoms with E-state index < -0.39 is 0 Å². The van der Waals surface area contributed by atoms with Crippen molar-refractivity contribution in [3.63, 3.8) is 0 Å². The summed E-state index contributed by atoms with van der Waals surface area (Å²) in [5.41, 5.74) is 6.19. The number of nitrogens with two attached hydrogens (primary N) is 1. The Hall–Kier alpha value is -0.0800. The summed E-state index contributed by atoms with van der Waals surface area (Å²) >= 11 is 0. The molecule has 0 unspecified atom stereocenters. The van der Waals surface area contributed by atoms with Crippen LogP contribution in [0.15, 0.2) is 0 Å². The van der Waals surface area contributed by atoms with Gasteiger partial charge in [-0.25, -0.2) is 0 Å². The SMILES string of the molecule is CC1(NCC2CCC(CN)CC2)CCCCC1. The third-order valence-corrected chi connectivity index (χ3v) is 5.07. The van der Waals surface area contributed by atoms with Gasteiger partial charge in [0.1, 0.15) is 0 Å². The van der Waals surface area contributed by atoms with Gasteiger partial charge in [-0.2, -0.15) is 0 Å². The van der Waals surface area contributed by atoms with Crippen LogP contribution in [0.25, 0.3) is 0 Å². The van der Waals surface area contributed by atoms with Crippen LogP contribution in [-0.2, 0) is 0 Å². The highest BCUT2D eigenvalue weighted by Gasteiger charge is 2.28. The Morgan fingerprint density at radius 1 is 1.00 bits per heavy atom. The zero-order valence-corrected chi connectivity index (χ0v) is 11.5. The minimum atomic E-state index is 0.447. The highest BCUT2D eigenvalue weighted by molar-refractivity contribution is 4.87. The number of hydrogen-bond donors (Lipinski definition) is 2. The molecule has 0 heterocycles.